The van der Waals surface area contributed by atoms with Crippen LogP contribution in [0.4, 0.5) is 11.4 Å². The van der Waals surface area contributed by atoms with Gasteiger partial charge >= 0.3 is 0 Å². The van der Waals surface area contributed by atoms with E-state index in [0.717, 1.165) is 28.3 Å². The summed E-state index contributed by atoms with van der Waals surface area (Å²) in [6, 6.07) is 16.9. The minimum absolute atomic E-state index is 0.0172. The molecule has 0 bridgehead atoms. The number of benzene rings is 2. The highest BCUT2D eigenvalue weighted by atomic mass is 16.6. The Morgan fingerprint density at radius 3 is 0.756 bits per heavy atom. The molecular weight excluding hydrogens is 1070 g/mol. The van der Waals surface area contributed by atoms with Crippen LogP contribution in [0.15, 0.2) is 59.2 Å². The van der Waals surface area contributed by atoms with Gasteiger partial charge in [0.25, 0.3) is 0 Å². The van der Waals surface area contributed by atoms with E-state index >= 15 is 0 Å². The summed E-state index contributed by atoms with van der Waals surface area (Å²) < 4.78 is 105. The second-order valence-corrected chi connectivity index (χ2v) is 17.9. The molecule has 0 radical (unpaired) electrons. The molecule has 3 aromatic rings. The van der Waals surface area contributed by atoms with E-state index in [1.54, 1.807) is 6.26 Å². The fourth-order valence-corrected chi connectivity index (χ4v) is 7.54. The number of anilines is 2. The van der Waals surface area contributed by atoms with Crippen molar-refractivity contribution in [1.29, 1.82) is 0 Å². The molecule has 23 nitrogen and oxygen atoms in total. The van der Waals surface area contributed by atoms with Gasteiger partial charge in [-0.1, -0.05) is 12.1 Å². The van der Waals surface area contributed by atoms with Crippen LogP contribution in [0.1, 0.15) is 33.9 Å². The zero-order valence-electron chi connectivity index (χ0n) is 49.2. The Kier molecular flexibility index (Phi) is 49.2. The van der Waals surface area contributed by atoms with E-state index < -0.39 is 0 Å². The smallest absolute Gasteiger partial charge is 0.115 e. The topological polar surface area (TPSA) is 244 Å². The van der Waals surface area contributed by atoms with E-state index in [2.05, 4.69) is 60.9 Å². The van der Waals surface area contributed by atoms with Gasteiger partial charge in [0.15, 0.2) is 0 Å². The third-order valence-electron chi connectivity index (χ3n) is 11.6. The number of aliphatic hydroxyl groups is 2. The van der Waals surface area contributed by atoms with E-state index in [0.29, 0.717) is 251 Å². The van der Waals surface area contributed by atoms with Gasteiger partial charge in [-0.05, 0) is 72.5 Å². The molecule has 0 saturated carbocycles. The number of hydrogen-bond donors (Lipinski definition) is 4. The summed E-state index contributed by atoms with van der Waals surface area (Å²) in [5.41, 5.74) is 6.73. The maximum atomic E-state index is 8.64. The molecular formula is C59H100N2O21. The van der Waals surface area contributed by atoms with Crippen molar-refractivity contribution in [3.05, 3.63) is 82.8 Å². The van der Waals surface area contributed by atoms with Gasteiger partial charge in [-0.25, -0.2) is 0 Å². The number of aryl methyl sites for hydroxylation is 2. The maximum absolute atomic E-state index is 8.64. The molecule has 472 valence electrons. The molecule has 23 heteroatoms. The van der Waals surface area contributed by atoms with E-state index in [-0.39, 0.29) is 19.1 Å². The highest BCUT2D eigenvalue weighted by Gasteiger charge is 2.23. The summed E-state index contributed by atoms with van der Waals surface area (Å²) in [6.07, 6.45) is 1.73. The predicted molar refractivity (Wildman–Crippen MR) is 308 cm³/mol. The van der Waals surface area contributed by atoms with Crippen LogP contribution in [0.3, 0.4) is 0 Å². The first-order chi connectivity index (χ1) is 40.6. The minimum atomic E-state index is -0.0644. The number of hydrogen-bond acceptors (Lipinski definition) is 23. The van der Waals surface area contributed by atoms with Crippen LogP contribution < -0.4 is 10.6 Å². The van der Waals surface area contributed by atoms with Crippen LogP contribution in [-0.4, -0.2) is 274 Å². The maximum Gasteiger partial charge on any atom is 0.115 e. The third kappa shape index (κ3) is 40.7. The standard InChI is InChI=1S/C59H100N2O21/c1-52-50-54(60-9-14-64-18-22-68-26-30-72-34-38-76-42-46-80-48-44-78-40-36-74-32-28-70-24-20-66-16-11-62)5-7-56(52)59(58-4-3-13-82-58)57-8-6-55(51-53(57)2)61-10-15-65-19-23-69-27-31-73-35-39-77-43-47-81-49-45-79-41-37-75-33-29-71-25-21-67-17-12-63/h3-8,13,50-51,59-63H,9-12,14-49H2,1-2H3. The van der Waals surface area contributed by atoms with E-state index in [4.69, 9.17) is 99.9 Å². The van der Waals surface area contributed by atoms with Gasteiger partial charge in [0.1, 0.15) is 5.76 Å². The molecule has 4 N–H and O–H groups in total. The molecule has 2 aromatic carbocycles. The second kappa shape index (κ2) is 55.4. The Morgan fingerprint density at radius 1 is 0.317 bits per heavy atom. The Balaban J connectivity index is 1.11. The first-order valence-electron chi connectivity index (χ1n) is 29.0. The number of nitrogens with one attached hydrogen (secondary N) is 2. The first kappa shape index (κ1) is 72.8. The highest BCUT2D eigenvalue weighted by Crippen LogP contribution is 2.37. The summed E-state index contributed by atoms with van der Waals surface area (Å²) in [6.45, 7) is 23.1. The van der Waals surface area contributed by atoms with Crippen LogP contribution in [0.2, 0.25) is 0 Å². The summed E-state index contributed by atoms with van der Waals surface area (Å²) >= 11 is 0. The fourth-order valence-electron chi connectivity index (χ4n) is 7.54. The number of ether oxygens (including phenoxy) is 18. The van der Waals surface area contributed by atoms with Gasteiger partial charge in [-0.15, -0.1) is 0 Å². The first-order valence-corrected chi connectivity index (χ1v) is 29.0. The average Bonchev–Trinajstić information content (AvgIpc) is 4.10. The molecule has 82 heavy (non-hydrogen) atoms. The van der Waals surface area contributed by atoms with Crippen molar-refractivity contribution in [3.8, 4) is 0 Å². The van der Waals surface area contributed by atoms with E-state index in [1.807, 2.05) is 12.1 Å². The van der Waals surface area contributed by atoms with Gasteiger partial charge in [0.2, 0.25) is 0 Å². The molecule has 0 aliphatic rings. The van der Waals surface area contributed by atoms with Crippen molar-refractivity contribution in [2.75, 3.05) is 275 Å². The van der Waals surface area contributed by atoms with Crippen molar-refractivity contribution < 1.29 is 99.9 Å². The van der Waals surface area contributed by atoms with Crippen molar-refractivity contribution >= 4 is 11.4 Å². The van der Waals surface area contributed by atoms with Crippen molar-refractivity contribution in [2.45, 2.75) is 19.8 Å². The van der Waals surface area contributed by atoms with Gasteiger partial charge in [0.05, 0.1) is 263 Å². The predicted octanol–water partition coefficient (Wildman–Crippen LogP) is 4.18. The lowest BCUT2D eigenvalue weighted by Crippen LogP contribution is -2.16. The average molecular weight is 1170 g/mol. The zero-order chi connectivity index (χ0) is 58.1. The molecule has 0 amide bonds. The highest BCUT2D eigenvalue weighted by molar-refractivity contribution is 5.56. The number of furan rings is 1. The molecule has 1 heterocycles. The molecule has 0 aliphatic heterocycles. The molecule has 0 spiro atoms. The molecule has 0 aliphatic carbocycles. The Labute approximate surface area is 487 Å². The Hall–Kier alpha value is -3.48. The van der Waals surface area contributed by atoms with Crippen LogP contribution in [-0.2, 0) is 85.3 Å². The normalized spacial score (nSPS) is 11.7. The molecule has 0 fully saturated rings. The Morgan fingerprint density at radius 2 is 0.549 bits per heavy atom. The monoisotopic (exact) mass is 1170 g/mol. The lowest BCUT2D eigenvalue weighted by Gasteiger charge is -2.22. The quantitative estimate of drug-likeness (QED) is 0.0579. The second-order valence-electron chi connectivity index (χ2n) is 17.9. The van der Waals surface area contributed by atoms with E-state index in [9.17, 15) is 0 Å². The summed E-state index contributed by atoms with van der Waals surface area (Å²) in [4.78, 5) is 0. The summed E-state index contributed by atoms with van der Waals surface area (Å²) in [5, 5.41) is 24.3. The molecule has 3 rings (SSSR count). The fraction of sp³-hybridized carbons (Fsp3) is 0.729. The Bertz CT molecular complexity index is 1710. The largest absolute Gasteiger partial charge is 0.468 e. The lowest BCUT2D eigenvalue weighted by molar-refractivity contribution is -0.0254. The van der Waals surface area contributed by atoms with Crippen molar-refractivity contribution in [1.82, 2.24) is 0 Å². The van der Waals surface area contributed by atoms with Gasteiger partial charge in [-0.2, -0.15) is 0 Å². The number of rotatable bonds is 63. The molecule has 0 unspecified atom stereocenters. The molecule has 0 atom stereocenters. The van der Waals surface area contributed by atoms with Crippen LogP contribution in [0.25, 0.3) is 0 Å². The van der Waals surface area contributed by atoms with E-state index in [1.165, 1.54) is 11.1 Å². The van der Waals surface area contributed by atoms with Crippen LogP contribution in [0.5, 0.6) is 0 Å². The molecule has 0 saturated heterocycles. The lowest BCUT2D eigenvalue weighted by atomic mass is 9.84. The van der Waals surface area contributed by atoms with Gasteiger partial charge in [-0.3, -0.25) is 0 Å². The zero-order valence-corrected chi connectivity index (χ0v) is 49.2. The van der Waals surface area contributed by atoms with Crippen LogP contribution >= 0.6 is 0 Å². The summed E-state index contributed by atoms with van der Waals surface area (Å²) in [7, 11) is 0. The van der Waals surface area contributed by atoms with Gasteiger partial charge in [0, 0.05) is 24.5 Å². The SMILES string of the molecule is Cc1cc(NCCOCCOCCOCCOCCOCCOCCOCCOCCOCCO)ccc1C(c1ccco1)c1ccc(NCCOCCOCCOCCOCCOCCOCCOCCOCCOCCO)cc1C. The number of aliphatic hydroxyl groups excluding tert-OH is 2. The molecule has 1 aromatic heterocycles. The van der Waals surface area contributed by atoms with Gasteiger partial charge < -0.3 is 111 Å². The summed E-state index contributed by atoms with van der Waals surface area (Å²) in [5.74, 6) is 0.825. The third-order valence-corrected chi connectivity index (χ3v) is 11.6. The van der Waals surface area contributed by atoms with Crippen molar-refractivity contribution in [2.24, 2.45) is 0 Å². The van der Waals surface area contributed by atoms with Crippen LogP contribution in [0, 0.1) is 13.8 Å². The minimum Gasteiger partial charge on any atom is -0.468 e. The van der Waals surface area contributed by atoms with Crippen molar-refractivity contribution in [3.63, 3.8) is 0 Å².